The average Bonchev–Trinajstić information content (AvgIpc) is 2.87. The summed E-state index contributed by atoms with van der Waals surface area (Å²) in [7, 11) is 5.38. The summed E-state index contributed by atoms with van der Waals surface area (Å²) in [6, 6.07) is -0.0000463. The van der Waals surface area contributed by atoms with Crippen molar-refractivity contribution in [2.24, 2.45) is 23.7 Å². The summed E-state index contributed by atoms with van der Waals surface area (Å²) in [5.74, 6) is 1.76. The third-order valence-corrected chi connectivity index (χ3v) is 4.39. The second kappa shape index (κ2) is 3.11. The van der Waals surface area contributed by atoms with E-state index in [1.807, 2.05) is 0 Å². The van der Waals surface area contributed by atoms with E-state index in [0.717, 1.165) is 6.54 Å². The zero-order valence-electron chi connectivity index (χ0n) is 9.50. The first-order valence-electron chi connectivity index (χ1n) is 5.95. The number of allylic oxidation sites excluding steroid dienone is 2. The number of likely N-dealkylation sites (tertiary alicyclic amines) is 1. The van der Waals surface area contributed by atoms with Crippen LogP contribution >= 0.6 is 0 Å². The molecular weight excluding hydrogens is 189 g/mol. The van der Waals surface area contributed by atoms with Gasteiger partial charge in [-0.15, -0.1) is 0 Å². The molecule has 2 fully saturated rings. The van der Waals surface area contributed by atoms with Crippen molar-refractivity contribution < 1.29 is 9.90 Å². The van der Waals surface area contributed by atoms with Crippen molar-refractivity contribution in [2.75, 3.05) is 13.2 Å². The number of rotatable bonds is 2. The topological polar surface area (TPSA) is 40.5 Å². The van der Waals surface area contributed by atoms with Crippen molar-refractivity contribution in [3.05, 3.63) is 12.2 Å². The molecule has 0 aromatic heterocycles. The Balaban J connectivity index is 1.86. The van der Waals surface area contributed by atoms with Gasteiger partial charge in [-0.2, -0.15) is 0 Å². The Morgan fingerprint density at radius 2 is 2.40 bits per heavy atom. The van der Waals surface area contributed by atoms with Crippen molar-refractivity contribution in [1.82, 2.24) is 4.90 Å². The first-order chi connectivity index (χ1) is 7.72. The maximum Gasteiger partial charge on any atom is 0.210 e. The van der Waals surface area contributed by atoms with Crippen LogP contribution in [0.15, 0.2) is 12.2 Å². The van der Waals surface area contributed by atoms with Gasteiger partial charge in [0.1, 0.15) is 0 Å². The minimum Gasteiger partial charge on any atom is -0.394 e. The molecule has 2 aliphatic carbocycles. The summed E-state index contributed by atoms with van der Waals surface area (Å²) >= 11 is 0. The summed E-state index contributed by atoms with van der Waals surface area (Å²) in [5.41, 5.74) is 0. The Morgan fingerprint density at radius 1 is 1.60 bits per heavy atom. The van der Waals surface area contributed by atoms with E-state index in [4.69, 9.17) is 9.28 Å². The van der Waals surface area contributed by atoms with E-state index in [9.17, 15) is 4.79 Å². The summed E-state index contributed by atoms with van der Waals surface area (Å²) in [6.45, 7) is 1.01. The lowest BCUT2D eigenvalue weighted by atomic mass is 9.82. The van der Waals surface area contributed by atoms with Gasteiger partial charge >= 0.3 is 0 Å². The van der Waals surface area contributed by atoms with Gasteiger partial charge in [0, 0.05) is 6.54 Å². The highest BCUT2D eigenvalue weighted by molar-refractivity contribution is 6.57. The fraction of sp³-hybridized carbons (Fsp3) is 0.727. The molecule has 1 saturated carbocycles. The van der Waals surface area contributed by atoms with E-state index in [1.165, 1.54) is 6.42 Å². The SMILES string of the molecule is [3H]OC[C@@H]1C2C3C=CC(C3)C2CN1C([B])=O. The quantitative estimate of drug-likeness (QED) is 0.523. The molecule has 1 saturated heterocycles. The Morgan fingerprint density at radius 3 is 3.13 bits per heavy atom. The molecule has 4 unspecified atom stereocenters. The molecular formula is C11H14BNO2. The van der Waals surface area contributed by atoms with Gasteiger partial charge in [-0.3, -0.25) is 4.79 Å². The molecule has 2 radical (unpaired) electrons. The molecule has 1 amide bonds. The third kappa shape index (κ3) is 1.14. The van der Waals surface area contributed by atoms with Crippen molar-refractivity contribution in [3.63, 3.8) is 0 Å². The van der Waals surface area contributed by atoms with Gasteiger partial charge in [0.05, 0.1) is 12.6 Å². The first kappa shape index (κ1) is 8.39. The van der Waals surface area contributed by atoms with Crippen LogP contribution in [0, 0.1) is 23.7 Å². The Labute approximate surface area is 92.0 Å². The van der Waals surface area contributed by atoms with Crippen LogP contribution in [0.25, 0.3) is 0 Å². The fourth-order valence-electron chi connectivity index (χ4n) is 3.82. The predicted molar refractivity (Wildman–Crippen MR) is 56.4 cm³/mol. The van der Waals surface area contributed by atoms with Crippen molar-refractivity contribution in [3.8, 4) is 0 Å². The van der Waals surface area contributed by atoms with Gasteiger partial charge in [0.15, 0.2) is 5.81 Å². The summed E-state index contributed by atoms with van der Waals surface area (Å²) in [6.07, 6.45) is 5.73. The highest BCUT2D eigenvalue weighted by atomic mass is 16.3. The van der Waals surface area contributed by atoms with E-state index in [2.05, 4.69) is 17.3 Å². The average molecular weight is 205 g/mol. The molecule has 1 N–H and O–H groups in total. The van der Waals surface area contributed by atoms with E-state index in [0.29, 0.717) is 23.7 Å². The highest BCUT2D eigenvalue weighted by Gasteiger charge is 2.54. The van der Waals surface area contributed by atoms with Crippen LogP contribution in [-0.2, 0) is 0 Å². The van der Waals surface area contributed by atoms with Gasteiger partial charge in [0.2, 0.25) is 9.28 Å². The van der Waals surface area contributed by atoms with Crippen LogP contribution in [0.4, 0.5) is 4.79 Å². The normalized spacial score (nSPS) is 47.1. The van der Waals surface area contributed by atoms with Crippen LogP contribution in [0.5, 0.6) is 0 Å². The van der Waals surface area contributed by atoms with Crippen LogP contribution in [0.3, 0.4) is 0 Å². The number of nitrogens with zero attached hydrogens (tertiary/aromatic N) is 1. The van der Waals surface area contributed by atoms with E-state index >= 15 is 0 Å². The monoisotopic (exact) mass is 205 g/mol. The molecule has 1 heterocycles. The smallest absolute Gasteiger partial charge is 0.210 e. The van der Waals surface area contributed by atoms with Gasteiger partial charge in [-0.25, -0.2) is 0 Å². The lowest BCUT2D eigenvalue weighted by Gasteiger charge is -2.28. The van der Waals surface area contributed by atoms with Crippen molar-refractivity contribution in [2.45, 2.75) is 12.5 Å². The second-order valence-electron chi connectivity index (χ2n) is 4.91. The number of hydrogen-bond acceptors (Lipinski definition) is 2. The van der Waals surface area contributed by atoms with Crippen LogP contribution < -0.4 is 0 Å². The highest BCUT2D eigenvalue weighted by Crippen LogP contribution is 2.53. The van der Waals surface area contributed by atoms with Gasteiger partial charge in [-0.1, -0.05) is 12.2 Å². The van der Waals surface area contributed by atoms with E-state index in [1.54, 1.807) is 4.90 Å². The van der Waals surface area contributed by atoms with Crippen LogP contribution in [0.1, 0.15) is 6.42 Å². The molecule has 0 aromatic carbocycles. The Bertz CT molecular complexity index is 349. The molecule has 0 aromatic rings. The maximum atomic E-state index is 11.4. The number of carbonyl (C=O) groups is 1. The summed E-state index contributed by atoms with van der Waals surface area (Å²) < 4.78 is 6.89. The minimum absolute atomic E-state index is 0.0000463. The molecule has 3 nitrogen and oxygen atoms in total. The molecule has 2 bridgehead atoms. The van der Waals surface area contributed by atoms with Gasteiger partial charge in [-0.05, 0) is 30.1 Å². The fourth-order valence-corrected chi connectivity index (χ4v) is 3.82. The molecule has 3 rings (SSSR count). The summed E-state index contributed by atoms with van der Waals surface area (Å²) in [4.78, 5) is 13.1. The summed E-state index contributed by atoms with van der Waals surface area (Å²) in [5, 5.41) is 4.50. The molecule has 5 atom stereocenters. The Hall–Kier alpha value is -0.765. The van der Waals surface area contributed by atoms with Crippen LogP contribution in [-0.4, -0.2) is 44.3 Å². The predicted octanol–water partition coefficient (Wildman–Crippen LogP) is 0.390. The Kier molecular flexibility index (Phi) is 1.74. The zero-order valence-corrected chi connectivity index (χ0v) is 8.50. The lowest BCUT2D eigenvalue weighted by Crippen LogP contribution is -2.41. The molecule has 1 aliphatic heterocycles. The van der Waals surface area contributed by atoms with Crippen molar-refractivity contribution in [1.29, 1.82) is 1.43 Å². The number of fused-ring (bicyclic) bond motifs is 5. The number of hydrogen-bond donors (Lipinski definition) is 1. The molecule has 3 aliphatic rings. The second-order valence-corrected chi connectivity index (χ2v) is 4.91. The zero-order chi connectivity index (χ0) is 11.3. The van der Waals surface area contributed by atoms with Crippen LogP contribution in [0.2, 0.25) is 0 Å². The number of aliphatic hydroxyl groups is 1. The molecule has 4 heteroatoms. The number of carbonyl (C=O) groups excluding carboxylic acids is 1. The third-order valence-electron chi connectivity index (χ3n) is 4.39. The largest absolute Gasteiger partial charge is 0.394 e. The number of amides is 1. The van der Waals surface area contributed by atoms with Crippen molar-refractivity contribution >= 4 is 13.7 Å². The number of aliphatic hydroxyl groups excluding tert-OH is 1. The standard InChI is InChI=1S/C11H14BNO2/c12-11(15)13-4-8-6-1-2-7(3-6)10(8)9(13)5-14/h1-2,6-10,14H,3-5H2/t6?,7?,8?,9-,10?/m1/s1/i14T. The minimum atomic E-state index is -0.379. The first-order valence-corrected chi connectivity index (χ1v) is 5.55. The van der Waals surface area contributed by atoms with Gasteiger partial charge in [0.25, 0.3) is 0 Å². The molecule has 78 valence electrons. The van der Waals surface area contributed by atoms with Gasteiger partial charge < -0.3 is 10.0 Å². The lowest BCUT2D eigenvalue weighted by molar-refractivity contribution is 0.144. The molecule has 15 heavy (non-hydrogen) atoms. The molecule has 0 spiro atoms. The van der Waals surface area contributed by atoms with E-state index in [-0.39, 0.29) is 18.5 Å². The maximum absolute atomic E-state index is 11.4. The van der Waals surface area contributed by atoms with E-state index < -0.39 is 0 Å².